The summed E-state index contributed by atoms with van der Waals surface area (Å²) in [5.74, 6) is 0.772. The van der Waals surface area contributed by atoms with Crippen LogP contribution in [0.1, 0.15) is 77.3 Å². The van der Waals surface area contributed by atoms with Crippen LogP contribution in [0.25, 0.3) is 0 Å². The molecular weight excluding hydrogens is 427 g/mol. The Hall–Kier alpha value is -1.40. The quantitative estimate of drug-likeness (QED) is 0.337. The largest absolute Gasteiger partial charge is 0.465 e. The number of hydrogen-bond acceptors (Lipinski definition) is 6. The molecule has 32 heavy (non-hydrogen) atoms. The van der Waals surface area contributed by atoms with Crippen LogP contribution in [0.4, 0.5) is 0 Å². The predicted octanol–water partition coefficient (Wildman–Crippen LogP) is 5.12. The molecule has 4 atom stereocenters. The summed E-state index contributed by atoms with van der Waals surface area (Å²) in [6.45, 7) is 14.8. The van der Waals surface area contributed by atoms with Crippen molar-refractivity contribution in [1.29, 1.82) is 0 Å². The Labute approximate surface area is 193 Å². The first kappa shape index (κ1) is 26.8. The third kappa shape index (κ3) is 7.31. The highest BCUT2D eigenvalue weighted by molar-refractivity contribution is 7.57. The molecule has 0 amide bonds. The van der Waals surface area contributed by atoms with E-state index in [1.165, 1.54) is 0 Å². The number of benzene rings is 1. The molecule has 0 spiro atoms. The van der Waals surface area contributed by atoms with Crippen molar-refractivity contribution >= 4 is 13.5 Å². The fraction of sp³-hybridized carbons (Fsp3) is 0.708. The summed E-state index contributed by atoms with van der Waals surface area (Å²) in [7, 11) is -3.48. The van der Waals surface area contributed by atoms with Gasteiger partial charge in [-0.3, -0.25) is 14.3 Å². The number of nitrogens with zero attached hydrogens (tertiary/aromatic N) is 1. The van der Waals surface area contributed by atoms with Gasteiger partial charge in [-0.25, -0.2) is 5.09 Å². The molecule has 0 aromatic heterocycles. The number of ether oxygens (including phenoxy) is 2. The van der Waals surface area contributed by atoms with Gasteiger partial charge < -0.3 is 14.0 Å². The lowest BCUT2D eigenvalue weighted by Crippen LogP contribution is -2.42. The minimum Gasteiger partial charge on any atom is -0.465 e. The Balaban J connectivity index is 2.45. The van der Waals surface area contributed by atoms with E-state index in [0.29, 0.717) is 32.1 Å². The van der Waals surface area contributed by atoms with Crippen LogP contribution in [0.5, 0.6) is 5.75 Å². The van der Waals surface area contributed by atoms with Gasteiger partial charge in [0.05, 0.1) is 19.8 Å². The highest BCUT2D eigenvalue weighted by atomic mass is 31.2. The molecule has 182 valence electrons. The summed E-state index contributed by atoms with van der Waals surface area (Å²) in [6.07, 6.45) is 2.09. The summed E-state index contributed by atoms with van der Waals surface area (Å²) >= 11 is 0. The molecule has 3 unspecified atom stereocenters. The van der Waals surface area contributed by atoms with Crippen LogP contribution in [0.15, 0.2) is 18.2 Å². The number of carbonyl (C=O) groups excluding carboxylic acids is 1. The molecule has 1 aromatic carbocycles. The van der Waals surface area contributed by atoms with E-state index >= 15 is 0 Å². The summed E-state index contributed by atoms with van der Waals surface area (Å²) < 4.78 is 31.3. The van der Waals surface area contributed by atoms with Crippen molar-refractivity contribution in [1.82, 2.24) is 9.99 Å². The third-order valence-electron chi connectivity index (χ3n) is 6.12. The highest BCUT2D eigenvalue weighted by Gasteiger charge is 2.35. The van der Waals surface area contributed by atoms with Gasteiger partial charge in [0, 0.05) is 13.1 Å². The fourth-order valence-electron chi connectivity index (χ4n) is 3.76. The molecule has 1 aromatic rings. The zero-order valence-corrected chi connectivity index (χ0v) is 21.5. The second-order valence-corrected chi connectivity index (χ2v) is 10.7. The Morgan fingerprint density at radius 3 is 2.16 bits per heavy atom. The van der Waals surface area contributed by atoms with Gasteiger partial charge in [0.1, 0.15) is 18.1 Å². The van der Waals surface area contributed by atoms with Gasteiger partial charge >= 0.3 is 13.5 Å². The molecule has 0 bridgehead atoms. The first-order chi connectivity index (χ1) is 15.2. The van der Waals surface area contributed by atoms with Crippen LogP contribution in [0.2, 0.25) is 0 Å². The smallest absolute Gasteiger partial charge is 0.331 e. The monoisotopic (exact) mass is 468 g/mol. The average molecular weight is 469 g/mol. The van der Waals surface area contributed by atoms with E-state index in [4.69, 9.17) is 14.0 Å². The molecule has 2 rings (SSSR count). The molecule has 1 fully saturated rings. The molecule has 0 aliphatic carbocycles. The minimum atomic E-state index is -3.48. The van der Waals surface area contributed by atoms with Crippen LogP contribution >= 0.6 is 7.52 Å². The molecule has 1 N–H and O–H groups in total. The number of nitrogens with one attached hydrogen (secondary N) is 1. The fourth-order valence-corrected chi connectivity index (χ4v) is 5.96. The second-order valence-electron chi connectivity index (χ2n) is 8.62. The molecule has 1 heterocycles. The van der Waals surface area contributed by atoms with Crippen LogP contribution in [0, 0.1) is 0 Å². The van der Waals surface area contributed by atoms with Gasteiger partial charge in [0.15, 0.2) is 0 Å². The Morgan fingerprint density at radius 2 is 1.66 bits per heavy atom. The summed E-state index contributed by atoms with van der Waals surface area (Å²) in [5.41, 5.74) is 2.11. The zero-order chi connectivity index (χ0) is 23.7. The van der Waals surface area contributed by atoms with Gasteiger partial charge in [-0.05, 0) is 49.7 Å². The number of carbonyl (C=O) groups is 1. The molecule has 1 aliphatic rings. The number of esters is 1. The van der Waals surface area contributed by atoms with Crippen LogP contribution in [0.3, 0.4) is 0 Å². The predicted molar refractivity (Wildman–Crippen MR) is 129 cm³/mol. The van der Waals surface area contributed by atoms with Crippen molar-refractivity contribution in [3.05, 3.63) is 29.3 Å². The Morgan fingerprint density at radius 1 is 1.09 bits per heavy atom. The summed E-state index contributed by atoms with van der Waals surface area (Å²) in [6, 6.07) is 5.42. The van der Waals surface area contributed by atoms with E-state index in [2.05, 4.69) is 55.9 Å². The van der Waals surface area contributed by atoms with E-state index in [1.807, 2.05) is 0 Å². The zero-order valence-electron chi connectivity index (χ0n) is 20.6. The van der Waals surface area contributed by atoms with Crippen molar-refractivity contribution in [3.63, 3.8) is 0 Å². The van der Waals surface area contributed by atoms with E-state index < -0.39 is 19.5 Å². The molecule has 0 saturated carbocycles. The SMILES string of the molecule is CCOC(=O)[C@H](C)NP(=O)(CN1CCOCC1)Oc1c(C(C)CC)cccc1C(C)CC. The van der Waals surface area contributed by atoms with E-state index in [9.17, 15) is 9.36 Å². The van der Waals surface area contributed by atoms with Crippen molar-refractivity contribution in [2.45, 2.75) is 72.3 Å². The highest BCUT2D eigenvalue weighted by Crippen LogP contribution is 2.49. The first-order valence-corrected chi connectivity index (χ1v) is 13.7. The van der Waals surface area contributed by atoms with E-state index in [1.54, 1.807) is 13.8 Å². The van der Waals surface area contributed by atoms with Gasteiger partial charge in [0.2, 0.25) is 0 Å². The summed E-state index contributed by atoms with van der Waals surface area (Å²) in [5, 5.41) is 3.02. The number of morpholine rings is 1. The van der Waals surface area contributed by atoms with Gasteiger partial charge in [0.25, 0.3) is 0 Å². The van der Waals surface area contributed by atoms with Crippen molar-refractivity contribution in [2.24, 2.45) is 0 Å². The Kier molecular flexibility index (Phi) is 10.7. The molecule has 1 aliphatic heterocycles. The van der Waals surface area contributed by atoms with Crippen LogP contribution in [-0.4, -0.2) is 56.1 Å². The van der Waals surface area contributed by atoms with Crippen molar-refractivity contribution in [3.8, 4) is 5.75 Å². The number of para-hydroxylation sites is 1. The molecule has 0 radical (unpaired) electrons. The maximum atomic E-state index is 14.3. The second kappa shape index (κ2) is 12.7. The third-order valence-corrected chi connectivity index (χ3v) is 8.15. The minimum absolute atomic E-state index is 0.203. The van der Waals surface area contributed by atoms with E-state index in [-0.39, 0.29) is 24.7 Å². The van der Waals surface area contributed by atoms with Crippen LogP contribution < -0.4 is 9.61 Å². The topological polar surface area (TPSA) is 77.1 Å². The molecular formula is C24H41N2O5P. The summed E-state index contributed by atoms with van der Waals surface area (Å²) in [4.78, 5) is 14.4. The lowest BCUT2D eigenvalue weighted by Gasteiger charge is -2.33. The Bertz CT molecular complexity index is 753. The van der Waals surface area contributed by atoms with Crippen molar-refractivity contribution < 1.29 is 23.4 Å². The van der Waals surface area contributed by atoms with Crippen molar-refractivity contribution in [2.75, 3.05) is 39.2 Å². The maximum absolute atomic E-state index is 14.3. The van der Waals surface area contributed by atoms with Gasteiger partial charge in [-0.1, -0.05) is 45.9 Å². The van der Waals surface area contributed by atoms with Crippen LogP contribution in [-0.2, 0) is 18.8 Å². The van der Waals surface area contributed by atoms with Gasteiger partial charge in [-0.15, -0.1) is 0 Å². The number of rotatable bonds is 12. The number of hydrogen-bond donors (Lipinski definition) is 1. The lowest BCUT2D eigenvalue weighted by molar-refractivity contribution is -0.144. The average Bonchev–Trinajstić information content (AvgIpc) is 2.78. The lowest BCUT2D eigenvalue weighted by atomic mass is 9.90. The standard InChI is InChI=1S/C24H41N2O5P/c1-7-18(4)21-11-10-12-22(19(5)8-2)23(21)31-32(28,17-26-13-15-29-16-14-26)25-20(6)24(27)30-9-3/h10-12,18-20H,7-9,13-17H2,1-6H3,(H,25,28)/t18?,19?,20-,32?/m0/s1. The maximum Gasteiger partial charge on any atom is 0.331 e. The van der Waals surface area contributed by atoms with Gasteiger partial charge in [-0.2, -0.15) is 0 Å². The molecule has 8 heteroatoms. The molecule has 1 saturated heterocycles. The van der Waals surface area contributed by atoms with E-state index in [0.717, 1.165) is 24.0 Å². The molecule has 7 nitrogen and oxygen atoms in total. The first-order valence-electron chi connectivity index (χ1n) is 11.9. The normalized spacial score (nSPS) is 19.6.